The molecular weight excluding hydrogens is 252 g/mol. The molecule has 15 heavy (non-hydrogen) atoms. The first-order valence-electron chi connectivity index (χ1n) is 4.67. The second-order valence-corrected chi connectivity index (χ2v) is 3.09. The van der Waals surface area contributed by atoms with Gasteiger partial charge in [0.15, 0.2) is 0 Å². The molecule has 0 amide bonds. The second-order valence-electron chi connectivity index (χ2n) is 3.09. The third-order valence-electron chi connectivity index (χ3n) is 1.99. The lowest BCUT2D eigenvalue weighted by Crippen LogP contribution is -1.94. The average molecular weight is 265 g/mol. The molecule has 0 saturated heterocycles. The topological polar surface area (TPSA) is 9.23 Å². The van der Waals surface area contributed by atoms with Gasteiger partial charge in [0.25, 0.3) is 0 Å². The molecule has 0 fully saturated rings. The van der Waals surface area contributed by atoms with Crippen LogP contribution in [0.25, 0.3) is 0 Å². The van der Waals surface area contributed by atoms with Crippen molar-refractivity contribution in [2.75, 3.05) is 0 Å². The van der Waals surface area contributed by atoms with E-state index in [1.54, 1.807) is 0 Å². The van der Waals surface area contributed by atoms with E-state index in [0.717, 1.165) is 5.75 Å². The third kappa shape index (κ3) is 3.76. The summed E-state index contributed by atoms with van der Waals surface area (Å²) in [6.45, 7) is 0.630. The standard InChI is InChI=1S/C13H12O.BrH/c1-3-7-12(8-4-1)11-14-13-9-5-2-6-10-13;/h1-10H,11H2;1H. The summed E-state index contributed by atoms with van der Waals surface area (Å²) in [7, 11) is 0. The summed E-state index contributed by atoms with van der Waals surface area (Å²) < 4.78 is 5.59. The first kappa shape index (κ1) is 11.8. The molecular formula is C13H13BrO. The fourth-order valence-electron chi connectivity index (χ4n) is 1.26. The second kappa shape index (κ2) is 6.25. The summed E-state index contributed by atoms with van der Waals surface area (Å²) in [4.78, 5) is 0. The maximum Gasteiger partial charge on any atom is 0.119 e. The van der Waals surface area contributed by atoms with Crippen molar-refractivity contribution in [3.63, 3.8) is 0 Å². The number of ether oxygens (including phenoxy) is 1. The predicted octanol–water partition coefficient (Wildman–Crippen LogP) is 3.84. The van der Waals surface area contributed by atoms with Crippen LogP contribution in [0.5, 0.6) is 5.75 Å². The number of rotatable bonds is 3. The van der Waals surface area contributed by atoms with Crippen LogP contribution in [0.2, 0.25) is 0 Å². The Bertz CT molecular complexity index is 333. The molecule has 78 valence electrons. The molecule has 0 aliphatic heterocycles. The Morgan fingerprint density at radius 3 is 1.87 bits per heavy atom. The summed E-state index contributed by atoms with van der Waals surface area (Å²) in [5, 5.41) is 0. The lowest BCUT2D eigenvalue weighted by atomic mass is 10.2. The van der Waals surface area contributed by atoms with E-state index in [1.165, 1.54) is 5.56 Å². The Labute approximate surface area is 100 Å². The molecule has 2 heteroatoms. The highest BCUT2D eigenvalue weighted by Crippen LogP contribution is 2.10. The van der Waals surface area contributed by atoms with Crippen molar-refractivity contribution in [1.29, 1.82) is 0 Å². The summed E-state index contributed by atoms with van der Waals surface area (Å²) in [6, 6.07) is 20.0. The lowest BCUT2D eigenvalue weighted by molar-refractivity contribution is 0.306. The molecule has 0 aliphatic rings. The highest BCUT2D eigenvalue weighted by atomic mass is 79.9. The van der Waals surface area contributed by atoms with Gasteiger partial charge in [-0.2, -0.15) is 0 Å². The number of hydrogen-bond acceptors (Lipinski definition) is 1. The van der Waals surface area contributed by atoms with Gasteiger partial charge < -0.3 is 4.74 Å². The molecule has 2 rings (SSSR count). The van der Waals surface area contributed by atoms with Crippen molar-refractivity contribution in [1.82, 2.24) is 0 Å². The molecule has 0 bridgehead atoms. The minimum atomic E-state index is 0. The first-order valence-corrected chi connectivity index (χ1v) is 4.67. The van der Waals surface area contributed by atoms with E-state index in [-0.39, 0.29) is 17.0 Å². The van der Waals surface area contributed by atoms with Crippen LogP contribution < -0.4 is 4.74 Å². The molecule has 0 aromatic heterocycles. The summed E-state index contributed by atoms with van der Waals surface area (Å²) in [5.41, 5.74) is 1.19. The van der Waals surface area contributed by atoms with Crippen LogP contribution in [0.4, 0.5) is 0 Å². The van der Waals surface area contributed by atoms with Crippen LogP contribution in [0.1, 0.15) is 5.56 Å². The Morgan fingerprint density at radius 1 is 0.733 bits per heavy atom. The van der Waals surface area contributed by atoms with Crippen molar-refractivity contribution in [2.24, 2.45) is 0 Å². The maximum atomic E-state index is 5.59. The van der Waals surface area contributed by atoms with Crippen molar-refractivity contribution < 1.29 is 4.74 Å². The van der Waals surface area contributed by atoms with E-state index in [9.17, 15) is 0 Å². The fraction of sp³-hybridized carbons (Fsp3) is 0.0769. The van der Waals surface area contributed by atoms with Gasteiger partial charge in [-0.15, -0.1) is 17.0 Å². The van der Waals surface area contributed by atoms with Crippen molar-refractivity contribution >= 4 is 17.0 Å². The van der Waals surface area contributed by atoms with Crippen LogP contribution in [0.3, 0.4) is 0 Å². The molecule has 0 aliphatic carbocycles. The van der Waals surface area contributed by atoms with Gasteiger partial charge in [0.05, 0.1) is 0 Å². The van der Waals surface area contributed by atoms with E-state index in [0.29, 0.717) is 6.61 Å². The van der Waals surface area contributed by atoms with Gasteiger partial charge in [0.1, 0.15) is 12.4 Å². The molecule has 0 radical (unpaired) electrons. The fourth-order valence-corrected chi connectivity index (χ4v) is 1.26. The molecule has 0 spiro atoms. The minimum Gasteiger partial charge on any atom is -0.489 e. The van der Waals surface area contributed by atoms with Gasteiger partial charge in [0, 0.05) is 0 Å². The zero-order valence-corrected chi connectivity index (χ0v) is 10.0. The quantitative estimate of drug-likeness (QED) is 0.819. The highest BCUT2D eigenvalue weighted by molar-refractivity contribution is 8.93. The Kier molecular flexibility index (Phi) is 4.91. The van der Waals surface area contributed by atoms with Crippen molar-refractivity contribution in [3.8, 4) is 5.75 Å². The van der Waals surface area contributed by atoms with Crippen LogP contribution in [-0.2, 0) is 6.61 Å². The van der Waals surface area contributed by atoms with Crippen LogP contribution >= 0.6 is 17.0 Å². The van der Waals surface area contributed by atoms with E-state index >= 15 is 0 Å². The Hall–Kier alpha value is -1.28. The smallest absolute Gasteiger partial charge is 0.119 e. The number of para-hydroxylation sites is 1. The van der Waals surface area contributed by atoms with Crippen LogP contribution in [0, 0.1) is 0 Å². The zero-order chi connectivity index (χ0) is 9.64. The van der Waals surface area contributed by atoms with Gasteiger partial charge in [-0.25, -0.2) is 0 Å². The average Bonchev–Trinajstić information content (AvgIpc) is 2.29. The molecule has 0 N–H and O–H groups in total. The molecule has 0 heterocycles. The Morgan fingerprint density at radius 2 is 1.27 bits per heavy atom. The minimum absolute atomic E-state index is 0. The van der Waals surface area contributed by atoms with Gasteiger partial charge in [0.2, 0.25) is 0 Å². The van der Waals surface area contributed by atoms with Crippen LogP contribution in [-0.4, -0.2) is 0 Å². The molecule has 0 unspecified atom stereocenters. The maximum absolute atomic E-state index is 5.59. The zero-order valence-electron chi connectivity index (χ0n) is 8.30. The molecule has 0 saturated carbocycles. The van der Waals surface area contributed by atoms with Crippen molar-refractivity contribution in [3.05, 3.63) is 66.2 Å². The monoisotopic (exact) mass is 264 g/mol. The van der Waals surface area contributed by atoms with Gasteiger partial charge >= 0.3 is 0 Å². The van der Waals surface area contributed by atoms with Gasteiger partial charge in [-0.05, 0) is 17.7 Å². The van der Waals surface area contributed by atoms with Crippen LogP contribution in [0.15, 0.2) is 60.7 Å². The summed E-state index contributed by atoms with van der Waals surface area (Å²) in [6.07, 6.45) is 0. The highest BCUT2D eigenvalue weighted by Gasteiger charge is 1.92. The molecule has 1 nitrogen and oxygen atoms in total. The molecule has 0 atom stereocenters. The van der Waals surface area contributed by atoms with E-state index in [4.69, 9.17) is 4.74 Å². The Balaban J connectivity index is 0.00000112. The van der Waals surface area contributed by atoms with Gasteiger partial charge in [-0.3, -0.25) is 0 Å². The summed E-state index contributed by atoms with van der Waals surface area (Å²) in [5.74, 6) is 0.913. The number of halogens is 1. The predicted molar refractivity (Wildman–Crippen MR) is 67.5 cm³/mol. The molecule has 2 aromatic rings. The summed E-state index contributed by atoms with van der Waals surface area (Å²) >= 11 is 0. The SMILES string of the molecule is Br.c1ccc(COc2ccccc2)cc1. The molecule has 2 aromatic carbocycles. The number of hydrogen-bond donors (Lipinski definition) is 0. The van der Waals surface area contributed by atoms with Crippen molar-refractivity contribution in [2.45, 2.75) is 6.61 Å². The van der Waals surface area contributed by atoms with E-state index < -0.39 is 0 Å². The van der Waals surface area contributed by atoms with E-state index in [2.05, 4.69) is 12.1 Å². The first-order chi connectivity index (χ1) is 6.95. The number of benzene rings is 2. The van der Waals surface area contributed by atoms with E-state index in [1.807, 2.05) is 48.5 Å². The third-order valence-corrected chi connectivity index (χ3v) is 1.99. The normalized spacial score (nSPS) is 9.07. The van der Waals surface area contributed by atoms with Gasteiger partial charge in [-0.1, -0.05) is 48.5 Å². The largest absolute Gasteiger partial charge is 0.489 e. The lowest BCUT2D eigenvalue weighted by Gasteiger charge is -2.05.